The molecule has 7 heteroatoms. The van der Waals surface area contributed by atoms with Gasteiger partial charge in [-0.05, 0) is 12.8 Å². The maximum Gasteiger partial charge on any atom is 0.278 e. The molecule has 0 spiro atoms. The number of nitrogens with zero attached hydrogens (tertiary/aromatic N) is 1. The summed E-state index contributed by atoms with van der Waals surface area (Å²) >= 11 is 6.93. The molecule has 0 heterocycles. The minimum Gasteiger partial charge on any atom is -0.361 e. The van der Waals surface area contributed by atoms with Crippen LogP contribution in [0.1, 0.15) is 39.5 Å². The smallest absolute Gasteiger partial charge is 0.278 e. The Kier molecular flexibility index (Phi) is 21.2. The topological polar surface area (TPSA) is 63.4 Å². The van der Waals surface area contributed by atoms with Gasteiger partial charge in [0.25, 0.3) is 10.5 Å². The van der Waals surface area contributed by atoms with Crippen molar-refractivity contribution in [3.63, 3.8) is 0 Å². The van der Waals surface area contributed by atoms with Gasteiger partial charge in [0.2, 0.25) is 0 Å². The van der Waals surface area contributed by atoms with E-state index in [1.165, 1.54) is 0 Å². The second kappa shape index (κ2) is 16.1. The Morgan fingerprint density at radius 2 is 1.35 bits per heavy atom. The summed E-state index contributed by atoms with van der Waals surface area (Å²) < 4.78 is 0. The summed E-state index contributed by atoms with van der Waals surface area (Å²) in [6.45, 7) is 5.97. The average Bonchev–Trinajstić information content (AvgIpc) is 2.16. The van der Waals surface area contributed by atoms with Crippen LogP contribution in [0.15, 0.2) is 0 Å². The number of nitrogens with two attached hydrogens (primary N) is 1. The Balaban J connectivity index is -0.000000340. The van der Waals surface area contributed by atoms with Gasteiger partial charge in [-0.15, -0.1) is 0 Å². The number of primary amides is 1. The molecule has 0 fully saturated rings. The molecular formula is C10H22N2NiO2S2. The van der Waals surface area contributed by atoms with Gasteiger partial charge in [-0.2, -0.15) is 0 Å². The number of carbonyl (C=O) groups excluding carboxylic acids is 2. The van der Waals surface area contributed by atoms with Crippen LogP contribution in [0, 0.1) is 0 Å². The predicted molar refractivity (Wildman–Crippen MR) is 74.3 cm³/mol. The monoisotopic (exact) mass is 324 g/mol. The van der Waals surface area contributed by atoms with Crippen molar-refractivity contribution in [2.24, 2.45) is 5.73 Å². The second-order valence-corrected chi connectivity index (χ2v) is 4.14. The van der Waals surface area contributed by atoms with Crippen LogP contribution >= 0.6 is 25.3 Å². The summed E-state index contributed by atoms with van der Waals surface area (Å²) in [6.07, 6.45) is 4.42. The zero-order chi connectivity index (χ0) is 13.0. The fraction of sp³-hybridized carbons (Fsp3) is 0.800. The quantitative estimate of drug-likeness (QED) is 0.519. The molecule has 106 valence electrons. The molecule has 0 unspecified atom stereocenters. The van der Waals surface area contributed by atoms with Crippen molar-refractivity contribution in [2.75, 3.05) is 13.1 Å². The van der Waals surface area contributed by atoms with Crippen LogP contribution in [0.5, 0.6) is 0 Å². The van der Waals surface area contributed by atoms with Crippen molar-refractivity contribution in [3.05, 3.63) is 0 Å². The first-order valence-electron chi connectivity index (χ1n) is 5.41. The van der Waals surface area contributed by atoms with Gasteiger partial charge >= 0.3 is 0 Å². The van der Waals surface area contributed by atoms with Crippen LogP contribution in [0.25, 0.3) is 0 Å². The Morgan fingerprint density at radius 3 is 1.53 bits per heavy atom. The normalized spacial score (nSPS) is 8.47. The van der Waals surface area contributed by atoms with Gasteiger partial charge in [-0.1, -0.05) is 51.9 Å². The number of hydrogen-bond acceptors (Lipinski definition) is 2. The van der Waals surface area contributed by atoms with E-state index >= 15 is 0 Å². The van der Waals surface area contributed by atoms with E-state index in [0.29, 0.717) is 0 Å². The molecule has 0 aliphatic heterocycles. The van der Waals surface area contributed by atoms with Gasteiger partial charge in [0.05, 0.1) is 0 Å². The third-order valence-corrected chi connectivity index (χ3v) is 2.12. The molecule has 0 rings (SSSR count). The van der Waals surface area contributed by atoms with Crippen LogP contribution in [0.4, 0.5) is 9.59 Å². The summed E-state index contributed by atoms with van der Waals surface area (Å²) in [5, 5.41) is -0.725. The van der Waals surface area contributed by atoms with Crippen LogP contribution in [-0.4, -0.2) is 28.5 Å². The minimum absolute atomic E-state index is 0. The molecule has 0 aliphatic carbocycles. The van der Waals surface area contributed by atoms with E-state index in [0.717, 1.165) is 38.8 Å². The summed E-state index contributed by atoms with van der Waals surface area (Å²) in [5.41, 5.74) is 4.34. The van der Waals surface area contributed by atoms with Crippen molar-refractivity contribution in [3.8, 4) is 0 Å². The molecule has 0 aromatic heterocycles. The molecule has 0 radical (unpaired) electrons. The van der Waals surface area contributed by atoms with E-state index < -0.39 is 5.24 Å². The van der Waals surface area contributed by atoms with Crippen LogP contribution in [-0.2, 0) is 16.5 Å². The van der Waals surface area contributed by atoms with Gasteiger partial charge in [-0.25, -0.2) is 0 Å². The van der Waals surface area contributed by atoms with Gasteiger partial charge < -0.3 is 10.6 Å². The van der Waals surface area contributed by atoms with Crippen LogP contribution < -0.4 is 5.73 Å². The zero-order valence-corrected chi connectivity index (χ0v) is 13.1. The molecular weight excluding hydrogens is 303 g/mol. The molecule has 17 heavy (non-hydrogen) atoms. The first-order chi connectivity index (χ1) is 7.45. The molecule has 2 N–H and O–H groups in total. The standard InChI is InChI=1S/C9H19NOS.CH3NOS.Ni/c1-3-5-7-10(9(11)12)8-6-4-2;2-1(3)4;/h3-8H2,1-2H3,(H,11,12);(H3,2,3,4);. The van der Waals surface area contributed by atoms with Crippen LogP contribution in [0.3, 0.4) is 0 Å². The molecule has 0 aromatic rings. The molecule has 4 nitrogen and oxygen atoms in total. The maximum atomic E-state index is 10.9. The van der Waals surface area contributed by atoms with Crippen molar-refractivity contribution in [1.82, 2.24) is 4.90 Å². The van der Waals surface area contributed by atoms with Crippen molar-refractivity contribution >= 4 is 35.7 Å². The van der Waals surface area contributed by atoms with E-state index in [-0.39, 0.29) is 21.7 Å². The van der Waals surface area contributed by atoms with E-state index in [2.05, 4.69) is 44.8 Å². The summed E-state index contributed by atoms with van der Waals surface area (Å²) in [4.78, 5) is 21.8. The fourth-order valence-electron chi connectivity index (χ4n) is 1.00. The maximum absolute atomic E-state index is 10.9. The summed E-state index contributed by atoms with van der Waals surface area (Å²) in [5.74, 6) is 0. The van der Waals surface area contributed by atoms with E-state index in [4.69, 9.17) is 4.79 Å². The number of carbonyl (C=O) groups is 2. The number of amides is 2. The molecule has 0 aromatic carbocycles. The first-order valence-corrected chi connectivity index (χ1v) is 6.31. The number of rotatable bonds is 6. The molecule has 0 saturated carbocycles. The summed E-state index contributed by atoms with van der Waals surface area (Å²) in [7, 11) is 0. The Bertz CT molecular complexity index is 195. The van der Waals surface area contributed by atoms with Gasteiger partial charge in [0.15, 0.2) is 0 Å². The number of thiol groups is 2. The number of unbranched alkanes of at least 4 members (excludes halogenated alkanes) is 2. The molecule has 0 atom stereocenters. The molecule has 0 saturated heterocycles. The SMILES string of the molecule is CCCCN(CCCC)C(=O)S.NC(=O)S.[Ni]. The van der Waals surface area contributed by atoms with Crippen molar-refractivity contribution in [2.45, 2.75) is 39.5 Å². The average molecular weight is 325 g/mol. The van der Waals surface area contributed by atoms with E-state index in [9.17, 15) is 4.79 Å². The first kappa shape index (κ1) is 22.3. The van der Waals surface area contributed by atoms with Gasteiger partial charge in [0, 0.05) is 29.6 Å². The fourth-order valence-corrected chi connectivity index (χ4v) is 1.20. The second-order valence-electron chi connectivity index (χ2n) is 3.31. The van der Waals surface area contributed by atoms with Crippen LogP contribution in [0.2, 0.25) is 0 Å². The molecule has 2 amide bonds. The third kappa shape index (κ3) is 21.9. The third-order valence-electron chi connectivity index (χ3n) is 1.83. The minimum atomic E-state index is -0.639. The van der Waals surface area contributed by atoms with Crippen molar-refractivity contribution < 1.29 is 26.1 Å². The van der Waals surface area contributed by atoms with Gasteiger partial charge in [-0.3, -0.25) is 9.59 Å². The van der Waals surface area contributed by atoms with Crippen molar-refractivity contribution in [1.29, 1.82) is 0 Å². The molecule has 0 aliphatic rings. The number of hydrogen-bond donors (Lipinski definition) is 3. The van der Waals surface area contributed by atoms with E-state index in [1.807, 2.05) is 4.90 Å². The Hall–Kier alpha value is 0.134. The zero-order valence-electron chi connectivity index (χ0n) is 10.3. The Labute approximate surface area is 125 Å². The largest absolute Gasteiger partial charge is 0.361 e. The molecule has 0 bridgehead atoms. The summed E-state index contributed by atoms with van der Waals surface area (Å²) in [6, 6.07) is 0. The van der Waals surface area contributed by atoms with E-state index in [1.54, 1.807) is 0 Å². The van der Waals surface area contributed by atoms with Gasteiger partial charge in [0.1, 0.15) is 0 Å². The Morgan fingerprint density at radius 1 is 1.06 bits per heavy atom. The predicted octanol–water partition coefficient (Wildman–Crippen LogP) is 2.93.